The predicted molar refractivity (Wildman–Crippen MR) is 121 cm³/mol. The van der Waals surface area contributed by atoms with Gasteiger partial charge >= 0.3 is 5.97 Å². The molecular formula is C22H18N6O7. The molecule has 0 unspecified atom stereocenters. The zero-order chi connectivity index (χ0) is 25.1. The van der Waals surface area contributed by atoms with E-state index in [1.165, 1.54) is 50.1 Å². The molecule has 4 aromatic rings. The molecule has 0 aliphatic carbocycles. The Bertz CT molecular complexity index is 1420. The highest BCUT2D eigenvalue weighted by Gasteiger charge is 2.29. The number of esters is 1. The van der Waals surface area contributed by atoms with Gasteiger partial charge in [-0.05, 0) is 24.3 Å². The van der Waals surface area contributed by atoms with E-state index >= 15 is 0 Å². The predicted octanol–water partition coefficient (Wildman–Crippen LogP) is 3.25. The molecule has 0 spiro atoms. The van der Waals surface area contributed by atoms with Gasteiger partial charge in [-0.2, -0.15) is 10.1 Å². The van der Waals surface area contributed by atoms with Crippen LogP contribution < -0.4 is 10.1 Å². The van der Waals surface area contributed by atoms with Crippen molar-refractivity contribution in [2.45, 2.75) is 6.92 Å². The van der Waals surface area contributed by atoms with Crippen molar-refractivity contribution in [3.8, 4) is 34.4 Å². The van der Waals surface area contributed by atoms with Crippen molar-refractivity contribution < 1.29 is 28.5 Å². The van der Waals surface area contributed by atoms with Crippen molar-refractivity contribution in [3.63, 3.8) is 0 Å². The number of nitro groups is 1. The number of hydrogen-bond acceptors (Lipinski definition) is 10. The van der Waals surface area contributed by atoms with E-state index in [0.29, 0.717) is 17.0 Å². The van der Waals surface area contributed by atoms with Crippen molar-refractivity contribution in [1.82, 2.24) is 19.9 Å². The number of aromatic nitrogens is 4. The largest absolute Gasteiger partial charge is 0.497 e. The van der Waals surface area contributed by atoms with Crippen LogP contribution in [0.4, 0.5) is 11.4 Å². The molecule has 1 N–H and O–H groups in total. The Hall–Kier alpha value is -5.07. The molecule has 0 fully saturated rings. The van der Waals surface area contributed by atoms with Crippen LogP contribution >= 0.6 is 0 Å². The fourth-order valence-corrected chi connectivity index (χ4v) is 3.25. The number of methoxy groups -OCH3 is 2. The summed E-state index contributed by atoms with van der Waals surface area (Å²) < 4.78 is 16.8. The third kappa shape index (κ3) is 4.55. The van der Waals surface area contributed by atoms with Crippen LogP contribution in [0, 0.1) is 10.1 Å². The number of nitrogens with one attached hydrogen (secondary N) is 1. The minimum absolute atomic E-state index is 0.0169. The van der Waals surface area contributed by atoms with Gasteiger partial charge in [0.2, 0.25) is 11.7 Å². The summed E-state index contributed by atoms with van der Waals surface area (Å²) in [5.41, 5.74) is 0.759. The lowest BCUT2D eigenvalue weighted by molar-refractivity contribution is -0.384. The molecule has 35 heavy (non-hydrogen) atoms. The normalized spacial score (nSPS) is 10.6. The summed E-state index contributed by atoms with van der Waals surface area (Å²) in [6.45, 7) is 1.27. The van der Waals surface area contributed by atoms with Crippen molar-refractivity contribution in [2.75, 3.05) is 19.5 Å². The van der Waals surface area contributed by atoms with Gasteiger partial charge in [0.15, 0.2) is 11.4 Å². The second kappa shape index (κ2) is 9.43. The highest BCUT2D eigenvalue weighted by molar-refractivity contribution is 6.03. The summed E-state index contributed by atoms with van der Waals surface area (Å²) in [4.78, 5) is 39.4. The maximum absolute atomic E-state index is 12.7. The van der Waals surface area contributed by atoms with Crippen LogP contribution in [0.25, 0.3) is 28.7 Å². The van der Waals surface area contributed by atoms with Crippen molar-refractivity contribution >= 4 is 23.3 Å². The van der Waals surface area contributed by atoms with Gasteiger partial charge in [-0.3, -0.25) is 14.9 Å². The number of ether oxygens (including phenoxy) is 2. The summed E-state index contributed by atoms with van der Waals surface area (Å²) in [5, 5.41) is 21.9. The standard InChI is InChI=1S/C22H18N6O7/c1-12(29)23-17-18(20-24-21(35-26-20)13-7-9-14(10-8-13)28(31)32)25-27(19(17)22(30)34-3)15-5-4-6-16(11-15)33-2/h4-11H,1-3H3,(H,23,29). The second-order valence-electron chi connectivity index (χ2n) is 7.09. The van der Waals surface area contributed by atoms with Gasteiger partial charge in [0.05, 0.1) is 24.8 Å². The number of nitro benzene ring substituents is 1. The number of nitrogens with zero attached hydrogens (tertiary/aromatic N) is 5. The van der Waals surface area contributed by atoms with Gasteiger partial charge in [-0.1, -0.05) is 11.2 Å². The van der Waals surface area contributed by atoms with Gasteiger partial charge in [-0.15, -0.1) is 0 Å². The zero-order valence-electron chi connectivity index (χ0n) is 18.7. The average molecular weight is 478 g/mol. The highest BCUT2D eigenvalue weighted by atomic mass is 16.6. The Balaban J connectivity index is 1.87. The fourth-order valence-electron chi connectivity index (χ4n) is 3.25. The molecule has 0 radical (unpaired) electrons. The lowest BCUT2D eigenvalue weighted by atomic mass is 10.2. The Kier molecular flexibility index (Phi) is 6.22. The first kappa shape index (κ1) is 23.1. The fraction of sp³-hybridized carbons (Fsp3) is 0.136. The molecule has 0 bridgehead atoms. The third-order valence-corrected chi connectivity index (χ3v) is 4.83. The molecule has 0 aliphatic rings. The van der Waals surface area contributed by atoms with E-state index in [1.54, 1.807) is 24.3 Å². The molecule has 1 amide bonds. The number of benzene rings is 2. The molecule has 0 saturated heterocycles. The summed E-state index contributed by atoms with van der Waals surface area (Å²) in [5.74, 6) is -0.709. The van der Waals surface area contributed by atoms with Gasteiger partial charge in [0.1, 0.15) is 11.4 Å². The molecule has 4 rings (SSSR count). The van der Waals surface area contributed by atoms with Gasteiger partial charge in [-0.25, -0.2) is 9.48 Å². The Morgan fingerprint density at radius 2 is 1.89 bits per heavy atom. The Morgan fingerprint density at radius 3 is 2.51 bits per heavy atom. The van der Waals surface area contributed by atoms with Crippen LogP contribution in [0.15, 0.2) is 53.1 Å². The van der Waals surface area contributed by atoms with E-state index in [9.17, 15) is 19.7 Å². The summed E-state index contributed by atoms with van der Waals surface area (Å²) in [6, 6.07) is 12.3. The number of carbonyl (C=O) groups is 2. The molecular weight excluding hydrogens is 460 g/mol. The second-order valence-corrected chi connectivity index (χ2v) is 7.09. The number of rotatable bonds is 7. The minimum Gasteiger partial charge on any atom is -0.497 e. The topological polar surface area (TPSA) is 165 Å². The van der Waals surface area contributed by atoms with Crippen LogP contribution in [-0.4, -0.2) is 50.9 Å². The number of hydrogen-bond donors (Lipinski definition) is 1. The molecule has 2 aromatic heterocycles. The maximum Gasteiger partial charge on any atom is 0.359 e. The minimum atomic E-state index is -0.769. The van der Waals surface area contributed by atoms with Crippen molar-refractivity contribution in [2.24, 2.45) is 0 Å². The lowest BCUT2D eigenvalue weighted by Gasteiger charge is -2.09. The summed E-state index contributed by atoms with van der Waals surface area (Å²) in [6.07, 6.45) is 0. The van der Waals surface area contributed by atoms with Crippen LogP contribution in [-0.2, 0) is 9.53 Å². The highest BCUT2D eigenvalue weighted by Crippen LogP contribution is 2.33. The molecule has 13 nitrogen and oxygen atoms in total. The third-order valence-electron chi connectivity index (χ3n) is 4.83. The average Bonchev–Trinajstić information content (AvgIpc) is 3.48. The summed E-state index contributed by atoms with van der Waals surface area (Å²) in [7, 11) is 2.69. The first-order valence-corrected chi connectivity index (χ1v) is 10.0. The Morgan fingerprint density at radius 1 is 1.14 bits per heavy atom. The smallest absolute Gasteiger partial charge is 0.359 e. The zero-order valence-corrected chi connectivity index (χ0v) is 18.7. The first-order chi connectivity index (χ1) is 16.8. The number of anilines is 1. The van der Waals surface area contributed by atoms with E-state index in [1.807, 2.05) is 0 Å². The molecule has 178 valence electrons. The molecule has 2 aromatic carbocycles. The van der Waals surface area contributed by atoms with Crippen LogP contribution in [0.2, 0.25) is 0 Å². The van der Waals surface area contributed by atoms with Crippen molar-refractivity contribution in [1.29, 1.82) is 0 Å². The maximum atomic E-state index is 12.7. The van der Waals surface area contributed by atoms with Crippen LogP contribution in [0.3, 0.4) is 0 Å². The van der Waals surface area contributed by atoms with Crippen LogP contribution in [0.1, 0.15) is 17.4 Å². The number of carbonyl (C=O) groups excluding carboxylic acids is 2. The van der Waals surface area contributed by atoms with Gasteiger partial charge in [0.25, 0.3) is 11.6 Å². The van der Waals surface area contributed by atoms with Crippen LogP contribution in [0.5, 0.6) is 5.75 Å². The number of amides is 1. The molecule has 0 saturated carbocycles. The molecule has 13 heteroatoms. The molecule has 0 aliphatic heterocycles. The first-order valence-electron chi connectivity index (χ1n) is 10.0. The number of non-ortho nitro benzene ring substituents is 1. The van der Waals surface area contributed by atoms with Gasteiger partial charge < -0.3 is 19.3 Å². The van der Waals surface area contributed by atoms with E-state index < -0.39 is 16.8 Å². The SMILES string of the molecule is COC(=O)c1c(NC(C)=O)c(-c2noc(-c3ccc([N+](=O)[O-])cc3)n2)nn1-c1cccc(OC)c1. The lowest BCUT2D eigenvalue weighted by Crippen LogP contribution is -2.15. The van der Waals surface area contributed by atoms with Gasteiger partial charge in [0, 0.05) is 30.7 Å². The summed E-state index contributed by atoms with van der Waals surface area (Å²) >= 11 is 0. The Labute approximate surface area is 197 Å². The quantitative estimate of drug-likeness (QED) is 0.237. The van der Waals surface area contributed by atoms with Crippen molar-refractivity contribution in [3.05, 3.63) is 64.3 Å². The van der Waals surface area contributed by atoms with E-state index in [4.69, 9.17) is 14.0 Å². The van der Waals surface area contributed by atoms with E-state index in [-0.39, 0.29) is 34.5 Å². The molecule has 0 atom stereocenters. The molecule has 2 heterocycles. The van der Waals surface area contributed by atoms with E-state index in [2.05, 4.69) is 20.6 Å². The monoisotopic (exact) mass is 478 g/mol. The van der Waals surface area contributed by atoms with E-state index in [0.717, 1.165) is 0 Å².